The molecular formula is C12H17NO9. The van der Waals surface area contributed by atoms with Crippen LogP contribution in [-0.4, -0.2) is 72.9 Å². The number of rotatable bonds is 6. The fourth-order valence-electron chi connectivity index (χ4n) is 1.19. The molecule has 0 unspecified atom stereocenters. The summed E-state index contributed by atoms with van der Waals surface area (Å²) in [5, 5.41) is 62.3. The lowest BCUT2D eigenvalue weighted by Gasteiger charge is -2.22. The Balaban J connectivity index is 0.000000406. The molecule has 1 rings (SSSR count). The first kappa shape index (κ1) is 19.9. The van der Waals surface area contributed by atoms with E-state index < -0.39 is 35.9 Å². The first-order chi connectivity index (χ1) is 10.2. The van der Waals surface area contributed by atoms with Crippen molar-refractivity contribution in [3.8, 4) is 5.75 Å². The SMILES string of the molecule is O=C[C@H](O)[C@@H](O)[C@H](O)[C@H](O)CO.O=[N+]([O-])c1ccc(O)cc1. The number of aliphatic hydroxyl groups is 5. The molecule has 0 amide bonds. The monoisotopic (exact) mass is 319 g/mol. The molecule has 0 aliphatic heterocycles. The van der Waals surface area contributed by atoms with Gasteiger partial charge in [0.15, 0.2) is 6.29 Å². The highest BCUT2D eigenvalue weighted by Crippen LogP contribution is 2.14. The number of phenols is 1. The minimum Gasteiger partial charge on any atom is -0.508 e. The molecule has 4 atom stereocenters. The molecule has 0 spiro atoms. The van der Waals surface area contributed by atoms with Crippen LogP contribution in [0.15, 0.2) is 24.3 Å². The van der Waals surface area contributed by atoms with E-state index in [1.807, 2.05) is 0 Å². The highest BCUT2D eigenvalue weighted by atomic mass is 16.6. The summed E-state index contributed by atoms with van der Waals surface area (Å²) >= 11 is 0. The Hall–Kier alpha value is -2.11. The van der Waals surface area contributed by atoms with E-state index in [1.165, 1.54) is 24.3 Å². The van der Waals surface area contributed by atoms with Crippen molar-refractivity contribution in [2.75, 3.05) is 6.61 Å². The number of aromatic hydroxyl groups is 1. The van der Waals surface area contributed by atoms with Crippen LogP contribution >= 0.6 is 0 Å². The van der Waals surface area contributed by atoms with Gasteiger partial charge in [0.05, 0.1) is 11.5 Å². The third-order valence-corrected chi connectivity index (χ3v) is 2.48. The van der Waals surface area contributed by atoms with Gasteiger partial charge in [0, 0.05) is 12.1 Å². The summed E-state index contributed by atoms with van der Waals surface area (Å²) < 4.78 is 0. The predicted octanol–water partition coefficient (Wildman–Crippen LogP) is -2.08. The number of nitrogens with zero attached hydrogens (tertiary/aromatic N) is 1. The number of phenolic OH excluding ortho intramolecular Hbond substituents is 1. The van der Waals surface area contributed by atoms with Crippen LogP contribution in [0.2, 0.25) is 0 Å². The molecule has 0 heterocycles. The topological polar surface area (TPSA) is 182 Å². The van der Waals surface area contributed by atoms with Crippen molar-refractivity contribution in [1.29, 1.82) is 0 Å². The lowest BCUT2D eigenvalue weighted by atomic mass is 10.0. The number of hydrogen-bond donors (Lipinski definition) is 6. The van der Waals surface area contributed by atoms with E-state index in [1.54, 1.807) is 0 Å². The molecule has 0 aromatic heterocycles. The van der Waals surface area contributed by atoms with Gasteiger partial charge in [-0.1, -0.05) is 0 Å². The van der Waals surface area contributed by atoms with Gasteiger partial charge in [-0.25, -0.2) is 0 Å². The van der Waals surface area contributed by atoms with Crippen molar-refractivity contribution in [2.45, 2.75) is 24.4 Å². The van der Waals surface area contributed by atoms with E-state index in [9.17, 15) is 14.9 Å². The number of hydrogen-bond acceptors (Lipinski definition) is 9. The molecular weight excluding hydrogens is 302 g/mol. The van der Waals surface area contributed by atoms with Gasteiger partial charge >= 0.3 is 0 Å². The zero-order valence-electron chi connectivity index (χ0n) is 11.3. The van der Waals surface area contributed by atoms with Crippen LogP contribution in [0.5, 0.6) is 5.75 Å². The number of carbonyl (C=O) groups is 1. The summed E-state index contributed by atoms with van der Waals surface area (Å²) in [5.74, 6) is 0.0330. The smallest absolute Gasteiger partial charge is 0.269 e. The Labute approximate surface area is 124 Å². The molecule has 0 saturated carbocycles. The summed E-state index contributed by atoms with van der Waals surface area (Å²) in [6.45, 7) is -0.760. The predicted molar refractivity (Wildman–Crippen MR) is 71.9 cm³/mol. The number of nitro benzene ring substituents is 1. The van der Waals surface area contributed by atoms with Crippen LogP contribution in [-0.2, 0) is 4.79 Å². The minimum absolute atomic E-state index is 0.0159. The Morgan fingerprint density at radius 1 is 1.09 bits per heavy atom. The van der Waals surface area contributed by atoms with Crippen LogP contribution < -0.4 is 0 Å². The zero-order valence-corrected chi connectivity index (χ0v) is 11.3. The van der Waals surface area contributed by atoms with E-state index >= 15 is 0 Å². The molecule has 10 nitrogen and oxygen atoms in total. The fraction of sp³-hybridized carbons (Fsp3) is 0.417. The molecule has 0 aliphatic rings. The molecule has 1 aromatic carbocycles. The van der Waals surface area contributed by atoms with Crippen molar-refractivity contribution in [3.05, 3.63) is 34.4 Å². The van der Waals surface area contributed by atoms with Crippen LogP contribution in [0.4, 0.5) is 5.69 Å². The van der Waals surface area contributed by atoms with Crippen molar-refractivity contribution in [3.63, 3.8) is 0 Å². The lowest BCUT2D eigenvalue weighted by molar-refractivity contribution is -0.384. The third kappa shape index (κ3) is 6.56. The Kier molecular flexibility index (Phi) is 8.82. The molecule has 22 heavy (non-hydrogen) atoms. The lowest BCUT2D eigenvalue weighted by Crippen LogP contribution is -2.46. The number of benzene rings is 1. The van der Waals surface area contributed by atoms with E-state index in [0.717, 1.165) is 0 Å². The van der Waals surface area contributed by atoms with Crippen LogP contribution in [0.3, 0.4) is 0 Å². The molecule has 0 aliphatic carbocycles. The van der Waals surface area contributed by atoms with Gasteiger partial charge < -0.3 is 35.4 Å². The summed E-state index contributed by atoms with van der Waals surface area (Å²) in [6.07, 6.45) is -6.84. The molecule has 6 N–H and O–H groups in total. The number of aldehydes is 1. The van der Waals surface area contributed by atoms with Gasteiger partial charge in [-0.15, -0.1) is 0 Å². The summed E-state index contributed by atoms with van der Waals surface area (Å²) in [7, 11) is 0. The van der Waals surface area contributed by atoms with E-state index in [4.69, 9.17) is 30.6 Å². The maximum absolute atomic E-state index is 10.0. The average Bonchev–Trinajstić information content (AvgIpc) is 2.52. The van der Waals surface area contributed by atoms with E-state index in [0.29, 0.717) is 0 Å². The summed E-state index contributed by atoms with van der Waals surface area (Å²) in [5.41, 5.74) is -0.0159. The molecule has 0 bridgehead atoms. The number of carbonyl (C=O) groups excluding carboxylic acids is 1. The fourth-order valence-corrected chi connectivity index (χ4v) is 1.19. The van der Waals surface area contributed by atoms with Gasteiger partial charge in [0.1, 0.15) is 30.2 Å². The highest BCUT2D eigenvalue weighted by Gasteiger charge is 2.29. The Morgan fingerprint density at radius 3 is 1.95 bits per heavy atom. The molecule has 0 radical (unpaired) electrons. The summed E-state index contributed by atoms with van der Waals surface area (Å²) in [4.78, 5) is 19.4. The first-order valence-corrected chi connectivity index (χ1v) is 5.96. The largest absolute Gasteiger partial charge is 0.508 e. The van der Waals surface area contributed by atoms with Gasteiger partial charge in [0.25, 0.3) is 5.69 Å². The van der Waals surface area contributed by atoms with Crippen molar-refractivity contribution in [2.24, 2.45) is 0 Å². The number of nitro groups is 1. The van der Waals surface area contributed by atoms with Crippen molar-refractivity contribution < 1.29 is 40.4 Å². The minimum atomic E-state index is -1.79. The van der Waals surface area contributed by atoms with E-state index in [-0.39, 0.29) is 17.7 Å². The van der Waals surface area contributed by atoms with Crippen LogP contribution in [0.25, 0.3) is 0 Å². The van der Waals surface area contributed by atoms with Gasteiger partial charge in [0.2, 0.25) is 0 Å². The maximum atomic E-state index is 10.0. The zero-order chi connectivity index (χ0) is 17.3. The Morgan fingerprint density at radius 2 is 1.59 bits per heavy atom. The molecule has 0 fully saturated rings. The van der Waals surface area contributed by atoms with Gasteiger partial charge in [-0.2, -0.15) is 0 Å². The van der Waals surface area contributed by atoms with Gasteiger partial charge in [-0.3, -0.25) is 10.1 Å². The summed E-state index contributed by atoms with van der Waals surface area (Å²) in [6, 6.07) is 5.04. The second-order valence-corrected chi connectivity index (χ2v) is 4.13. The van der Waals surface area contributed by atoms with Crippen LogP contribution in [0, 0.1) is 10.1 Å². The quantitative estimate of drug-likeness (QED) is 0.195. The average molecular weight is 319 g/mol. The third-order valence-electron chi connectivity index (χ3n) is 2.48. The second-order valence-electron chi connectivity index (χ2n) is 4.13. The van der Waals surface area contributed by atoms with Crippen molar-refractivity contribution in [1.82, 2.24) is 0 Å². The normalized spacial score (nSPS) is 15.7. The van der Waals surface area contributed by atoms with Gasteiger partial charge in [-0.05, 0) is 12.1 Å². The first-order valence-electron chi connectivity index (χ1n) is 5.96. The van der Waals surface area contributed by atoms with E-state index in [2.05, 4.69) is 0 Å². The van der Waals surface area contributed by atoms with Crippen LogP contribution in [0.1, 0.15) is 0 Å². The molecule has 0 saturated heterocycles. The molecule has 124 valence electrons. The second kappa shape index (κ2) is 9.76. The number of aliphatic hydroxyl groups excluding tert-OH is 5. The maximum Gasteiger partial charge on any atom is 0.269 e. The number of non-ortho nitro benzene ring substituents is 1. The Bertz CT molecular complexity index is 464. The molecule has 1 aromatic rings. The highest BCUT2D eigenvalue weighted by molar-refractivity contribution is 5.56. The standard InChI is InChI=1S/C6H5NO3.C6H12O6/c8-6-3-1-5(2-4-6)7(9)10;7-1-3(9)5(11)6(12)4(10)2-8/h1-4,8H;1,3-6,8-12H,2H2/t;3-,4+,5+,6+/m.0/s1. The van der Waals surface area contributed by atoms with Crippen molar-refractivity contribution >= 4 is 12.0 Å². The molecule has 10 heteroatoms.